The maximum absolute atomic E-state index is 3.71. The van der Waals surface area contributed by atoms with Crippen LogP contribution in [0.4, 0.5) is 0 Å². The highest BCUT2D eigenvalue weighted by Crippen LogP contribution is 2.29. The first-order valence-electron chi connectivity index (χ1n) is 9.08. The summed E-state index contributed by atoms with van der Waals surface area (Å²) >= 11 is 0. The fourth-order valence-electron chi connectivity index (χ4n) is 3.05. The Balaban J connectivity index is 1.71. The molecule has 1 heteroatoms. The molecule has 1 saturated carbocycles. The Labute approximate surface area is 121 Å². The summed E-state index contributed by atoms with van der Waals surface area (Å²) < 4.78 is 0. The second-order valence-electron chi connectivity index (χ2n) is 6.62. The summed E-state index contributed by atoms with van der Waals surface area (Å²) in [6.45, 7) is 5.91. The molecule has 0 bridgehead atoms. The molecule has 0 saturated heterocycles. The van der Waals surface area contributed by atoms with Crippen molar-refractivity contribution in [2.75, 3.05) is 6.54 Å². The average molecular weight is 268 g/mol. The van der Waals surface area contributed by atoms with E-state index in [2.05, 4.69) is 19.2 Å². The molecule has 0 heterocycles. The Hall–Kier alpha value is -0.0400. The van der Waals surface area contributed by atoms with E-state index in [0.29, 0.717) is 0 Å². The highest BCUT2D eigenvalue weighted by molar-refractivity contribution is 4.79. The molecule has 0 amide bonds. The number of rotatable bonds is 13. The standard InChI is InChI=1S/C18H37N/c1-3-4-5-6-7-8-9-10-11-12-16-19-17(2)18-14-13-15-18/h17-19H,3-16H2,1-2H3. The Kier molecular flexibility index (Phi) is 10.5. The second kappa shape index (κ2) is 11.8. The van der Waals surface area contributed by atoms with Gasteiger partial charge < -0.3 is 5.32 Å². The summed E-state index contributed by atoms with van der Waals surface area (Å²) in [6.07, 6.45) is 18.8. The molecule has 0 aromatic carbocycles. The monoisotopic (exact) mass is 267 g/mol. The molecule has 1 atom stereocenters. The van der Waals surface area contributed by atoms with Crippen molar-refractivity contribution in [2.24, 2.45) is 5.92 Å². The summed E-state index contributed by atoms with van der Waals surface area (Å²) in [7, 11) is 0. The van der Waals surface area contributed by atoms with Crippen LogP contribution >= 0.6 is 0 Å². The van der Waals surface area contributed by atoms with Crippen molar-refractivity contribution >= 4 is 0 Å². The lowest BCUT2D eigenvalue weighted by atomic mass is 9.80. The first kappa shape index (κ1) is 17.0. The van der Waals surface area contributed by atoms with E-state index in [0.717, 1.165) is 12.0 Å². The molecule has 1 nitrogen and oxygen atoms in total. The first-order chi connectivity index (χ1) is 9.34. The minimum atomic E-state index is 0.771. The minimum absolute atomic E-state index is 0.771. The van der Waals surface area contributed by atoms with Crippen LogP contribution in [0, 0.1) is 5.92 Å². The van der Waals surface area contributed by atoms with Gasteiger partial charge in [-0.15, -0.1) is 0 Å². The molecule has 0 aromatic rings. The first-order valence-corrected chi connectivity index (χ1v) is 9.08. The minimum Gasteiger partial charge on any atom is -0.314 e. The summed E-state index contributed by atoms with van der Waals surface area (Å²) in [6, 6.07) is 0.771. The van der Waals surface area contributed by atoms with Crippen molar-refractivity contribution in [3.8, 4) is 0 Å². The molecule has 114 valence electrons. The van der Waals surface area contributed by atoms with Crippen LogP contribution in [0.5, 0.6) is 0 Å². The van der Waals surface area contributed by atoms with Crippen LogP contribution in [0.15, 0.2) is 0 Å². The molecule has 1 rings (SSSR count). The fourth-order valence-corrected chi connectivity index (χ4v) is 3.05. The van der Waals surface area contributed by atoms with E-state index in [4.69, 9.17) is 0 Å². The third kappa shape index (κ3) is 8.68. The van der Waals surface area contributed by atoms with Gasteiger partial charge in [0.25, 0.3) is 0 Å². The molecule has 0 spiro atoms. The molecule has 1 fully saturated rings. The van der Waals surface area contributed by atoms with Gasteiger partial charge in [-0.2, -0.15) is 0 Å². The third-order valence-electron chi connectivity index (χ3n) is 4.85. The van der Waals surface area contributed by atoms with E-state index < -0.39 is 0 Å². The van der Waals surface area contributed by atoms with E-state index in [1.807, 2.05) is 0 Å². The van der Waals surface area contributed by atoms with Crippen LogP contribution in [0.1, 0.15) is 97.3 Å². The van der Waals surface area contributed by atoms with E-state index in [1.54, 1.807) is 0 Å². The van der Waals surface area contributed by atoms with Crippen LogP contribution in [-0.2, 0) is 0 Å². The largest absolute Gasteiger partial charge is 0.314 e. The van der Waals surface area contributed by atoms with Gasteiger partial charge in [-0.25, -0.2) is 0 Å². The lowest BCUT2D eigenvalue weighted by molar-refractivity contribution is 0.240. The molecular weight excluding hydrogens is 230 g/mol. The predicted molar refractivity (Wildman–Crippen MR) is 86.6 cm³/mol. The highest BCUT2D eigenvalue weighted by Gasteiger charge is 2.22. The van der Waals surface area contributed by atoms with E-state index in [-0.39, 0.29) is 0 Å². The predicted octanol–water partition coefficient (Wildman–Crippen LogP) is 5.69. The van der Waals surface area contributed by atoms with Gasteiger partial charge in [0.05, 0.1) is 0 Å². The zero-order valence-corrected chi connectivity index (χ0v) is 13.6. The van der Waals surface area contributed by atoms with Crippen molar-refractivity contribution in [3.05, 3.63) is 0 Å². The maximum atomic E-state index is 3.71. The van der Waals surface area contributed by atoms with Gasteiger partial charge >= 0.3 is 0 Å². The molecule has 1 N–H and O–H groups in total. The van der Waals surface area contributed by atoms with Gasteiger partial charge in [0.1, 0.15) is 0 Å². The molecule has 0 aliphatic heterocycles. The quantitative estimate of drug-likeness (QED) is 0.423. The van der Waals surface area contributed by atoms with Crippen molar-refractivity contribution in [3.63, 3.8) is 0 Å². The van der Waals surface area contributed by atoms with Gasteiger partial charge in [-0.05, 0) is 38.6 Å². The molecule has 1 aliphatic rings. The van der Waals surface area contributed by atoms with Crippen LogP contribution in [0.25, 0.3) is 0 Å². The molecule has 19 heavy (non-hydrogen) atoms. The molecule has 1 aliphatic carbocycles. The normalized spacial score (nSPS) is 17.4. The second-order valence-corrected chi connectivity index (χ2v) is 6.62. The smallest absolute Gasteiger partial charge is 0.00669 e. The summed E-state index contributed by atoms with van der Waals surface area (Å²) in [5, 5.41) is 3.71. The molecule has 1 unspecified atom stereocenters. The van der Waals surface area contributed by atoms with Crippen LogP contribution in [0.2, 0.25) is 0 Å². The lowest BCUT2D eigenvalue weighted by Crippen LogP contribution is -2.37. The molecule has 0 radical (unpaired) electrons. The van der Waals surface area contributed by atoms with Crippen LogP contribution in [0.3, 0.4) is 0 Å². The van der Waals surface area contributed by atoms with Crippen LogP contribution < -0.4 is 5.32 Å². The Morgan fingerprint density at radius 1 is 0.842 bits per heavy atom. The highest BCUT2D eigenvalue weighted by atomic mass is 14.9. The zero-order chi connectivity index (χ0) is 13.8. The Bertz CT molecular complexity index is 186. The van der Waals surface area contributed by atoms with Gasteiger partial charge in [0, 0.05) is 6.04 Å². The van der Waals surface area contributed by atoms with Gasteiger partial charge in [-0.3, -0.25) is 0 Å². The van der Waals surface area contributed by atoms with Crippen molar-refractivity contribution in [2.45, 2.75) is 103 Å². The van der Waals surface area contributed by atoms with Gasteiger partial charge in [0.15, 0.2) is 0 Å². The SMILES string of the molecule is CCCCCCCCCCCCNC(C)C1CCC1. The molecular formula is C18H37N. The average Bonchev–Trinajstić information content (AvgIpc) is 2.34. The fraction of sp³-hybridized carbons (Fsp3) is 1.00. The number of unbranched alkanes of at least 4 members (excludes halogenated alkanes) is 9. The van der Waals surface area contributed by atoms with E-state index in [9.17, 15) is 0 Å². The van der Waals surface area contributed by atoms with Crippen LogP contribution in [-0.4, -0.2) is 12.6 Å². The molecule has 0 aromatic heterocycles. The maximum Gasteiger partial charge on any atom is 0.00669 e. The van der Waals surface area contributed by atoms with E-state index >= 15 is 0 Å². The number of hydrogen-bond acceptors (Lipinski definition) is 1. The van der Waals surface area contributed by atoms with Crippen molar-refractivity contribution < 1.29 is 0 Å². The number of nitrogens with one attached hydrogen (secondary N) is 1. The van der Waals surface area contributed by atoms with Gasteiger partial charge in [0.2, 0.25) is 0 Å². The Morgan fingerprint density at radius 2 is 1.37 bits per heavy atom. The summed E-state index contributed by atoms with van der Waals surface area (Å²) in [5.41, 5.74) is 0. The summed E-state index contributed by atoms with van der Waals surface area (Å²) in [4.78, 5) is 0. The summed E-state index contributed by atoms with van der Waals surface area (Å²) in [5.74, 6) is 0.989. The van der Waals surface area contributed by atoms with Crippen molar-refractivity contribution in [1.82, 2.24) is 5.32 Å². The van der Waals surface area contributed by atoms with Gasteiger partial charge in [-0.1, -0.05) is 71.1 Å². The van der Waals surface area contributed by atoms with Crippen molar-refractivity contribution in [1.29, 1.82) is 0 Å². The topological polar surface area (TPSA) is 12.0 Å². The Morgan fingerprint density at radius 3 is 1.84 bits per heavy atom. The number of hydrogen-bond donors (Lipinski definition) is 1. The zero-order valence-electron chi connectivity index (χ0n) is 13.6. The lowest BCUT2D eigenvalue weighted by Gasteiger charge is -2.32. The third-order valence-corrected chi connectivity index (χ3v) is 4.85. The van der Waals surface area contributed by atoms with E-state index in [1.165, 1.54) is 90.0 Å².